The number of hydrogen-bond donors (Lipinski definition) is 1. The summed E-state index contributed by atoms with van der Waals surface area (Å²) in [4.78, 5) is 14.8. The van der Waals surface area contributed by atoms with E-state index in [4.69, 9.17) is 9.47 Å². The number of anilines is 2. The maximum absolute atomic E-state index is 12.5. The normalized spacial score (nSPS) is 15.0. The van der Waals surface area contributed by atoms with Crippen molar-refractivity contribution in [3.8, 4) is 5.75 Å². The molecule has 1 aromatic heterocycles. The number of hydrogen-bond acceptors (Lipinski definition) is 7. The second-order valence-electron chi connectivity index (χ2n) is 6.62. The van der Waals surface area contributed by atoms with Crippen molar-refractivity contribution in [3.63, 3.8) is 0 Å². The van der Waals surface area contributed by atoms with Crippen LogP contribution in [0.25, 0.3) is 0 Å². The first-order valence-corrected chi connectivity index (χ1v) is 10.3. The highest BCUT2D eigenvalue weighted by Crippen LogP contribution is 2.26. The van der Waals surface area contributed by atoms with Gasteiger partial charge < -0.3 is 14.4 Å². The highest BCUT2D eigenvalue weighted by molar-refractivity contribution is 7.15. The Morgan fingerprint density at radius 3 is 2.55 bits per heavy atom. The summed E-state index contributed by atoms with van der Waals surface area (Å²) in [6.07, 6.45) is -0.256. The summed E-state index contributed by atoms with van der Waals surface area (Å²) in [5.41, 5.74) is 1.67. The molecular weight excluding hydrogens is 388 g/mol. The van der Waals surface area contributed by atoms with Crippen LogP contribution < -0.4 is 15.0 Å². The van der Waals surface area contributed by atoms with Crippen molar-refractivity contribution in [1.29, 1.82) is 0 Å². The van der Waals surface area contributed by atoms with Gasteiger partial charge in [-0.25, -0.2) is 0 Å². The average molecular weight is 410 g/mol. The van der Waals surface area contributed by atoms with Crippen LogP contribution in [0, 0.1) is 0 Å². The Balaban J connectivity index is 1.36. The summed E-state index contributed by atoms with van der Waals surface area (Å²) in [6.45, 7) is 5.09. The lowest BCUT2D eigenvalue weighted by Gasteiger charge is -2.28. The van der Waals surface area contributed by atoms with Gasteiger partial charge in [0, 0.05) is 24.3 Å². The van der Waals surface area contributed by atoms with E-state index in [9.17, 15) is 4.79 Å². The molecule has 4 rings (SSSR count). The first kappa shape index (κ1) is 19.4. The number of ether oxygens (including phenoxy) is 2. The lowest BCUT2D eigenvalue weighted by atomic mass is 10.2. The first-order valence-electron chi connectivity index (χ1n) is 9.48. The van der Waals surface area contributed by atoms with E-state index in [2.05, 4.69) is 20.4 Å². The quantitative estimate of drug-likeness (QED) is 0.667. The summed E-state index contributed by atoms with van der Waals surface area (Å²) >= 11 is 1.31. The highest BCUT2D eigenvalue weighted by Gasteiger charge is 2.16. The fourth-order valence-corrected chi connectivity index (χ4v) is 3.74. The van der Waals surface area contributed by atoms with Crippen LogP contribution in [-0.2, 0) is 4.74 Å². The molecule has 1 aliphatic rings. The van der Waals surface area contributed by atoms with Crippen LogP contribution in [-0.4, -0.2) is 42.4 Å². The zero-order valence-electron chi connectivity index (χ0n) is 16.1. The van der Waals surface area contributed by atoms with Gasteiger partial charge in [0.25, 0.3) is 5.91 Å². The van der Waals surface area contributed by atoms with Crippen LogP contribution in [0.3, 0.4) is 0 Å². The van der Waals surface area contributed by atoms with Crippen LogP contribution in [0.5, 0.6) is 5.75 Å². The number of carbonyl (C=O) groups excluding carboxylic acids is 1. The Morgan fingerprint density at radius 2 is 1.83 bits per heavy atom. The molecule has 29 heavy (non-hydrogen) atoms. The maximum Gasteiger partial charge on any atom is 0.257 e. The topological polar surface area (TPSA) is 76.6 Å². The molecule has 1 amide bonds. The van der Waals surface area contributed by atoms with E-state index < -0.39 is 0 Å². The summed E-state index contributed by atoms with van der Waals surface area (Å²) in [5, 5.41) is 12.2. The maximum atomic E-state index is 12.5. The van der Waals surface area contributed by atoms with Crippen LogP contribution in [0.1, 0.15) is 28.4 Å². The molecular formula is C21H22N4O3S. The highest BCUT2D eigenvalue weighted by atomic mass is 32.1. The third-order valence-electron chi connectivity index (χ3n) is 4.57. The molecule has 0 aliphatic carbocycles. The van der Waals surface area contributed by atoms with Gasteiger partial charge in [-0.2, -0.15) is 0 Å². The minimum absolute atomic E-state index is 0.210. The number of amides is 1. The van der Waals surface area contributed by atoms with Gasteiger partial charge in [0.2, 0.25) is 5.13 Å². The first-order chi connectivity index (χ1) is 14.2. The van der Waals surface area contributed by atoms with E-state index in [1.807, 2.05) is 61.5 Å². The second-order valence-corrected chi connectivity index (χ2v) is 7.63. The van der Waals surface area contributed by atoms with E-state index in [0.717, 1.165) is 37.7 Å². The molecule has 1 fully saturated rings. The molecule has 2 heterocycles. The van der Waals surface area contributed by atoms with E-state index >= 15 is 0 Å². The van der Waals surface area contributed by atoms with Crippen LogP contribution >= 0.6 is 11.3 Å². The number of benzene rings is 2. The van der Waals surface area contributed by atoms with Gasteiger partial charge in [0.05, 0.1) is 13.2 Å². The minimum atomic E-state index is -0.256. The van der Waals surface area contributed by atoms with Gasteiger partial charge in [-0.1, -0.05) is 29.5 Å². The van der Waals surface area contributed by atoms with E-state index in [1.165, 1.54) is 11.3 Å². The Hall–Kier alpha value is -2.97. The lowest BCUT2D eigenvalue weighted by Crippen LogP contribution is -2.36. The van der Waals surface area contributed by atoms with Gasteiger partial charge in [-0.3, -0.25) is 10.1 Å². The van der Waals surface area contributed by atoms with Crippen molar-refractivity contribution in [1.82, 2.24) is 10.2 Å². The molecule has 0 unspecified atom stereocenters. The van der Waals surface area contributed by atoms with Gasteiger partial charge in [0.15, 0.2) is 5.01 Å². The third-order valence-corrected chi connectivity index (χ3v) is 5.57. The monoisotopic (exact) mass is 410 g/mol. The largest absolute Gasteiger partial charge is 0.483 e. The van der Waals surface area contributed by atoms with Crippen molar-refractivity contribution in [2.45, 2.75) is 13.0 Å². The van der Waals surface area contributed by atoms with Crippen molar-refractivity contribution in [2.24, 2.45) is 0 Å². The second kappa shape index (κ2) is 9.02. The van der Waals surface area contributed by atoms with Gasteiger partial charge in [-0.15, -0.1) is 10.2 Å². The van der Waals surface area contributed by atoms with Gasteiger partial charge in [0.1, 0.15) is 11.9 Å². The zero-order chi connectivity index (χ0) is 20.1. The molecule has 0 bridgehead atoms. The molecule has 0 spiro atoms. The summed E-state index contributed by atoms with van der Waals surface area (Å²) in [6, 6.07) is 17.1. The zero-order valence-corrected chi connectivity index (χ0v) is 16.9. The standard InChI is InChI=1S/C21H22N4O3S/c1-15(28-18-5-3-2-4-6-18)20-23-24-21(29-20)22-19(26)16-7-9-17(10-8-16)25-11-13-27-14-12-25/h2-10,15H,11-14H2,1H3,(H,22,24,26)/t15-/m1/s1. The Labute approximate surface area is 173 Å². The van der Waals surface area contributed by atoms with E-state index in [0.29, 0.717) is 15.7 Å². The van der Waals surface area contributed by atoms with Crippen molar-refractivity contribution < 1.29 is 14.3 Å². The van der Waals surface area contributed by atoms with E-state index in [1.54, 1.807) is 0 Å². The Kier molecular flexibility index (Phi) is 6.02. The number of rotatable bonds is 6. The SMILES string of the molecule is C[C@@H](Oc1ccccc1)c1nnc(NC(=O)c2ccc(N3CCOCC3)cc2)s1. The third kappa shape index (κ3) is 4.90. The number of nitrogens with one attached hydrogen (secondary N) is 1. The molecule has 3 aromatic rings. The lowest BCUT2D eigenvalue weighted by molar-refractivity contribution is 0.102. The van der Waals surface area contributed by atoms with Crippen LogP contribution in [0.15, 0.2) is 54.6 Å². The smallest absolute Gasteiger partial charge is 0.257 e. The molecule has 1 N–H and O–H groups in total. The molecule has 2 aromatic carbocycles. The fourth-order valence-electron chi connectivity index (χ4n) is 3.02. The van der Waals surface area contributed by atoms with Crippen LogP contribution in [0.4, 0.5) is 10.8 Å². The van der Waals surface area contributed by atoms with Crippen molar-refractivity contribution >= 4 is 28.1 Å². The molecule has 1 atom stereocenters. The molecule has 1 saturated heterocycles. The molecule has 0 saturated carbocycles. The van der Waals surface area contributed by atoms with Gasteiger partial charge in [-0.05, 0) is 43.3 Å². The molecule has 8 heteroatoms. The average Bonchev–Trinajstić information content (AvgIpc) is 3.24. The number of aromatic nitrogens is 2. The Bertz CT molecular complexity index is 940. The molecule has 1 aliphatic heterocycles. The fraction of sp³-hybridized carbons (Fsp3) is 0.286. The number of morpholine rings is 1. The number of carbonyl (C=O) groups is 1. The Morgan fingerprint density at radius 1 is 1.10 bits per heavy atom. The van der Waals surface area contributed by atoms with Crippen molar-refractivity contribution in [3.05, 3.63) is 65.2 Å². The molecule has 0 radical (unpaired) electrons. The van der Waals surface area contributed by atoms with Gasteiger partial charge >= 0.3 is 0 Å². The number of para-hydroxylation sites is 1. The summed E-state index contributed by atoms with van der Waals surface area (Å²) in [5.74, 6) is 0.555. The van der Waals surface area contributed by atoms with Crippen molar-refractivity contribution in [2.75, 3.05) is 36.5 Å². The molecule has 7 nitrogen and oxygen atoms in total. The predicted molar refractivity (Wildman–Crippen MR) is 113 cm³/mol. The minimum Gasteiger partial charge on any atom is -0.483 e. The number of nitrogens with zero attached hydrogens (tertiary/aromatic N) is 3. The van der Waals surface area contributed by atoms with E-state index in [-0.39, 0.29) is 12.0 Å². The summed E-state index contributed by atoms with van der Waals surface area (Å²) < 4.78 is 11.2. The summed E-state index contributed by atoms with van der Waals surface area (Å²) in [7, 11) is 0. The molecule has 150 valence electrons. The predicted octanol–water partition coefficient (Wildman–Crippen LogP) is 3.77. The van der Waals surface area contributed by atoms with Crippen LogP contribution in [0.2, 0.25) is 0 Å².